The molecule has 134 valence electrons. The molecule has 0 radical (unpaired) electrons. The van der Waals surface area contributed by atoms with Gasteiger partial charge in [-0.3, -0.25) is 9.48 Å². The minimum Gasteiger partial charge on any atom is -0.399 e. The van der Waals surface area contributed by atoms with Gasteiger partial charge in [-0.25, -0.2) is 4.68 Å². The normalized spacial score (nSPS) is 11.5. The zero-order valence-electron chi connectivity index (χ0n) is 15.4. The van der Waals surface area contributed by atoms with Crippen molar-refractivity contribution in [3.05, 3.63) is 76.2 Å². The summed E-state index contributed by atoms with van der Waals surface area (Å²) in [5.41, 5.74) is 4.76. The summed E-state index contributed by atoms with van der Waals surface area (Å²) in [6.07, 6.45) is 0. The molecular formula is C20H22N4O2. The maximum atomic E-state index is 12.9. The van der Waals surface area contributed by atoms with Gasteiger partial charge in [0.2, 0.25) is 0 Å². The Labute approximate surface area is 152 Å². The maximum absolute atomic E-state index is 12.9. The Morgan fingerprint density at radius 3 is 2.35 bits per heavy atom. The van der Waals surface area contributed by atoms with Crippen LogP contribution in [0.1, 0.15) is 18.2 Å². The fourth-order valence-electron chi connectivity index (χ4n) is 2.84. The molecule has 0 saturated carbocycles. The molecule has 0 aliphatic carbocycles. The number of nitrogens with one attached hydrogen (secondary N) is 1. The molecule has 3 aromatic rings. The van der Waals surface area contributed by atoms with Crippen LogP contribution in [-0.2, 0) is 11.9 Å². The van der Waals surface area contributed by atoms with E-state index in [2.05, 4.69) is 10.5 Å². The van der Waals surface area contributed by atoms with Gasteiger partial charge in [0.05, 0.1) is 17.1 Å². The number of rotatable bonds is 5. The number of oxime groups is 1. The van der Waals surface area contributed by atoms with Crippen molar-refractivity contribution in [1.82, 2.24) is 9.36 Å². The molecule has 0 atom stereocenters. The summed E-state index contributed by atoms with van der Waals surface area (Å²) in [6, 6.07) is 17.3. The summed E-state index contributed by atoms with van der Waals surface area (Å²) >= 11 is 0. The Hall–Kier alpha value is -3.28. The number of para-hydroxylation sites is 1. The highest BCUT2D eigenvalue weighted by Crippen LogP contribution is 2.20. The van der Waals surface area contributed by atoms with Gasteiger partial charge in [-0.1, -0.05) is 35.5 Å². The lowest BCUT2D eigenvalue weighted by atomic mass is 10.1. The van der Waals surface area contributed by atoms with Crippen LogP contribution in [0, 0.1) is 6.92 Å². The fraction of sp³-hybridized carbons (Fsp3) is 0.200. The smallest absolute Gasteiger partial charge is 0.295 e. The van der Waals surface area contributed by atoms with E-state index in [0.717, 1.165) is 28.3 Å². The number of benzene rings is 2. The van der Waals surface area contributed by atoms with Gasteiger partial charge in [0.25, 0.3) is 5.56 Å². The molecule has 26 heavy (non-hydrogen) atoms. The summed E-state index contributed by atoms with van der Waals surface area (Å²) in [5, 5.41) is 7.17. The lowest BCUT2D eigenvalue weighted by Crippen LogP contribution is -2.20. The molecule has 6 heteroatoms. The minimum absolute atomic E-state index is 0.0857. The minimum atomic E-state index is -0.0857. The summed E-state index contributed by atoms with van der Waals surface area (Å²) in [5.74, 6) is 0. The highest BCUT2D eigenvalue weighted by molar-refractivity contribution is 5.98. The molecule has 0 bridgehead atoms. The van der Waals surface area contributed by atoms with Gasteiger partial charge in [0.15, 0.2) is 0 Å². The van der Waals surface area contributed by atoms with Crippen molar-refractivity contribution in [2.45, 2.75) is 13.8 Å². The summed E-state index contributed by atoms with van der Waals surface area (Å²) in [6.45, 7) is 3.80. The van der Waals surface area contributed by atoms with Crippen molar-refractivity contribution in [2.75, 3.05) is 12.4 Å². The highest BCUT2D eigenvalue weighted by atomic mass is 16.6. The van der Waals surface area contributed by atoms with E-state index in [4.69, 9.17) is 4.84 Å². The fourth-order valence-corrected chi connectivity index (χ4v) is 2.84. The number of anilines is 2. The van der Waals surface area contributed by atoms with Crippen LogP contribution in [-0.4, -0.2) is 22.2 Å². The number of nitrogens with zero attached hydrogens (tertiary/aromatic N) is 3. The monoisotopic (exact) mass is 350 g/mol. The van der Waals surface area contributed by atoms with Crippen LogP contribution in [0.15, 0.2) is 64.5 Å². The van der Waals surface area contributed by atoms with E-state index in [1.54, 1.807) is 4.68 Å². The topological polar surface area (TPSA) is 60.5 Å². The maximum Gasteiger partial charge on any atom is 0.295 e. The van der Waals surface area contributed by atoms with E-state index in [9.17, 15) is 4.79 Å². The molecule has 1 N–H and O–H groups in total. The second-order valence-electron chi connectivity index (χ2n) is 6.00. The Morgan fingerprint density at radius 1 is 1.08 bits per heavy atom. The first-order valence-electron chi connectivity index (χ1n) is 8.32. The first-order valence-corrected chi connectivity index (χ1v) is 8.32. The standard InChI is InChI=1S/C20H22N4O2/c1-14(22-26-4)16-10-12-17(13-11-16)21-19-15(2)23(3)24(20(19)25)18-8-6-5-7-9-18/h5-13,21H,1-4H3/b22-14+. The largest absolute Gasteiger partial charge is 0.399 e. The molecule has 0 fully saturated rings. The lowest BCUT2D eigenvalue weighted by molar-refractivity contribution is 0.213. The number of hydrogen-bond acceptors (Lipinski definition) is 4. The molecule has 0 spiro atoms. The quantitative estimate of drug-likeness (QED) is 0.565. The second-order valence-corrected chi connectivity index (χ2v) is 6.00. The zero-order valence-corrected chi connectivity index (χ0v) is 15.4. The van der Waals surface area contributed by atoms with E-state index in [1.807, 2.05) is 80.2 Å². The average molecular weight is 350 g/mol. The summed E-state index contributed by atoms with van der Waals surface area (Å²) < 4.78 is 3.51. The third-order valence-electron chi connectivity index (χ3n) is 4.35. The van der Waals surface area contributed by atoms with Gasteiger partial charge in [0.1, 0.15) is 12.8 Å². The first kappa shape index (κ1) is 17.5. The second kappa shape index (κ2) is 7.31. The molecule has 1 heterocycles. The van der Waals surface area contributed by atoms with E-state index < -0.39 is 0 Å². The van der Waals surface area contributed by atoms with Crippen LogP contribution in [0.25, 0.3) is 5.69 Å². The van der Waals surface area contributed by atoms with Gasteiger partial charge < -0.3 is 10.2 Å². The van der Waals surface area contributed by atoms with Crippen molar-refractivity contribution in [1.29, 1.82) is 0 Å². The summed E-state index contributed by atoms with van der Waals surface area (Å²) in [7, 11) is 3.40. The van der Waals surface area contributed by atoms with Crippen molar-refractivity contribution >= 4 is 17.1 Å². The average Bonchev–Trinajstić information content (AvgIpc) is 2.86. The number of hydrogen-bond donors (Lipinski definition) is 1. The molecule has 0 aliphatic rings. The third kappa shape index (κ3) is 3.26. The van der Waals surface area contributed by atoms with Crippen LogP contribution < -0.4 is 10.9 Å². The predicted octanol–water partition coefficient (Wildman–Crippen LogP) is 3.60. The molecule has 0 aliphatic heterocycles. The molecule has 2 aromatic carbocycles. The molecule has 3 rings (SSSR count). The Bertz CT molecular complexity index is 983. The van der Waals surface area contributed by atoms with Crippen molar-refractivity contribution in [2.24, 2.45) is 12.2 Å². The molecule has 0 amide bonds. The van der Waals surface area contributed by atoms with Gasteiger partial charge in [-0.2, -0.15) is 0 Å². The zero-order chi connectivity index (χ0) is 18.7. The van der Waals surface area contributed by atoms with E-state index in [-0.39, 0.29) is 5.56 Å². The van der Waals surface area contributed by atoms with Crippen LogP contribution in [0.4, 0.5) is 11.4 Å². The molecule has 6 nitrogen and oxygen atoms in total. The van der Waals surface area contributed by atoms with Crippen molar-refractivity contribution in [3.63, 3.8) is 0 Å². The van der Waals surface area contributed by atoms with Gasteiger partial charge in [-0.15, -0.1) is 0 Å². The Balaban J connectivity index is 1.94. The van der Waals surface area contributed by atoms with E-state index >= 15 is 0 Å². The number of aromatic nitrogens is 2. The summed E-state index contributed by atoms with van der Waals surface area (Å²) in [4.78, 5) is 17.7. The lowest BCUT2D eigenvalue weighted by Gasteiger charge is -2.07. The van der Waals surface area contributed by atoms with Crippen molar-refractivity contribution in [3.8, 4) is 5.69 Å². The van der Waals surface area contributed by atoms with Crippen LogP contribution in [0.5, 0.6) is 0 Å². The van der Waals surface area contributed by atoms with E-state index in [0.29, 0.717) is 5.69 Å². The van der Waals surface area contributed by atoms with Gasteiger partial charge >= 0.3 is 0 Å². The SMILES string of the molecule is CO/N=C(\C)c1ccc(Nc2c(C)n(C)n(-c3ccccc3)c2=O)cc1. The van der Waals surface area contributed by atoms with Crippen LogP contribution in [0.2, 0.25) is 0 Å². The molecular weight excluding hydrogens is 328 g/mol. The molecule has 0 saturated heterocycles. The van der Waals surface area contributed by atoms with Crippen LogP contribution >= 0.6 is 0 Å². The Morgan fingerprint density at radius 2 is 1.73 bits per heavy atom. The van der Waals surface area contributed by atoms with Crippen molar-refractivity contribution < 1.29 is 4.84 Å². The molecule has 1 aromatic heterocycles. The Kier molecular flexibility index (Phi) is 4.93. The van der Waals surface area contributed by atoms with Crippen LogP contribution in [0.3, 0.4) is 0 Å². The highest BCUT2D eigenvalue weighted by Gasteiger charge is 2.16. The predicted molar refractivity (Wildman–Crippen MR) is 105 cm³/mol. The van der Waals surface area contributed by atoms with Gasteiger partial charge in [0, 0.05) is 12.7 Å². The van der Waals surface area contributed by atoms with E-state index in [1.165, 1.54) is 7.11 Å². The molecule has 0 unspecified atom stereocenters. The first-order chi connectivity index (χ1) is 12.5. The third-order valence-corrected chi connectivity index (χ3v) is 4.35. The van der Waals surface area contributed by atoms with Gasteiger partial charge in [-0.05, 0) is 43.7 Å².